The average molecular weight is 275 g/mol. The van der Waals surface area contributed by atoms with E-state index in [1.165, 1.54) is 6.07 Å². The lowest BCUT2D eigenvalue weighted by molar-refractivity contribution is 0.0320. The molecule has 106 valence electrons. The lowest BCUT2D eigenvalue weighted by Crippen LogP contribution is -2.13. The smallest absolute Gasteiger partial charge is 0.340 e. The number of pyridine rings is 1. The van der Waals surface area contributed by atoms with Gasteiger partial charge in [-0.25, -0.2) is 4.79 Å². The number of benzene rings is 1. The summed E-state index contributed by atoms with van der Waals surface area (Å²) < 4.78 is 10.4. The molecular weight excluding hydrogens is 258 g/mol. The zero-order valence-corrected chi connectivity index (χ0v) is 11.3. The molecule has 5 nitrogen and oxygen atoms in total. The molecule has 20 heavy (non-hydrogen) atoms. The Hall–Kier alpha value is -2.14. The maximum atomic E-state index is 12.0. The van der Waals surface area contributed by atoms with Gasteiger partial charge in [0.2, 0.25) is 5.56 Å². The number of esters is 1. The first-order valence-electron chi connectivity index (χ1n) is 6.59. The van der Waals surface area contributed by atoms with Gasteiger partial charge in [0, 0.05) is 12.7 Å². The van der Waals surface area contributed by atoms with E-state index in [0.29, 0.717) is 24.3 Å². The van der Waals surface area contributed by atoms with Crippen LogP contribution >= 0.6 is 0 Å². The summed E-state index contributed by atoms with van der Waals surface area (Å²) in [5.74, 6) is -0.461. The number of nitrogens with one attached hydrogen (secondary N) is 1. The minimum Gasteiger partial charge on any atom is -0.460 e. The van der Waals surface area contributed by atoms with Crippen LogP contribution in [-0.4, -0.2) is 30.8 Å². The van der Waals surface area contributed by atoms with Crippen LogP contribution in [0.5, 0.6) is 0 Å². The lowest BCUT2D eigenvalue weighted by Gasteiger charge is -2.07. The molecule has 0 amide bonds. The summed E-state index contributed by atoms with van der Waals surface area (Å²) in [6, 6.07) is 8.32. The number of fused-ring (bicyclic) bond motifs is 1. The van der Waals surface area contributed by atoms with Gasteiger partial charge in [-0.3, -0.25) is 4.79 Å². The first-order chi connectivity index (χ1) is 9.72. The van der Waals surface area contributed by atoms with E-state index in [4.69, 9.17) is 9.47 Å². The van der Waals surface area contributed by atoms with E-state index in [1.807, 2.05) is 13.0 Å². The van der Waals surface area contributed by atoms with Gasteiger partial charge in [0.25, 0.3) is 0 Å². The summed E-state index contributed by atoms with van der Waals surface area (Å²) in [6.07, 6.45) is 0.929. The number of H-pyrrole nitrogens is 1. The van der Waals surface area contributed by atoms with E-state index in [-0.39, 0.29) is 12.2 Å². The SMILES string of the molecule is CCCOCCOC(=O)c1cccc2ccc(=O)[nH]c12. The topological polar surface area (TPSA) is 68.4 Å². The summed E-state index contributed by atoms with van der Waals surface area (Å²) in [5.41, 5.74) is 0.610. The third kappa shape index (κ3) is 3.45. The van der Waals surface area contributed by atoms with Crippen LogP contribution in [0, 0.1) is 0 Å². The maximum Gasteiger partial charge on any atom is 0.340 e. The van der Waals surface area contributed by atoms with Crippen LogP contribution in [0.1, 0.15) is 23.7 Å². The Bertz CT molecular complexity index is 648. The standard InChI is InChI=1S/C15H17NO4/c1-2-8-19-9-10-20-15(18)12-5-3-4-11-6-7-13(17)16-14(11)12/h3-7H,2,8-10H2,1H3,(H,16,17). The Morgan fingerprint density at radius 1 is 1.15 bits per heavy atom. The normalized spacial score (nSPS) is 10.7. The highest BCUT2D eigenvalue weighted by molar-refractivity contribution is 6.02. The number of hydrogen-bond donors (Lipinski definition) is 1. The minimum atomic E-state index is -0.461. The van der Waals surface area contributed by atoms with Gasteiger partial charge in [0.15, 0.2) is 0 Å². The highest BCUT2D eigenvalue weighted by atomic mass is 16.6. The van der Waals surface area contributed by atoms with E-state index in [2.05, 4.69) is 4.98 Å². The van der Waals surface area contributed by atoms with Crippen LogP contribution in [0.2, 0.25) is 0 Å². The Morgan fingerprint density at radius 3 is 2.80 bits per heavy atom. The fourth-order valence-electron chi connectivity index (χ4n) is 1.87. The number of hydrogen-bond acceptors (Lipinski definition) is 4. The van der Waals surface area contributed by atoms with E-state index in [9.17, 15) is 9.59 Å². The number of rotatable bonds is 6. The third-order valence-electron chi connectivity index (χ3n) is 2.79. The molecule has 0 saturated carbocycles. The molecule has 0 saturated heterocycles. The molecule has 1 N–H and O–H groups in total. The Labute approximate surface area is 116 Å². The number of aromatic nitrogens is 1. The first-order valence-corrected chi connectivity index (χ1v) is 6.59. The van der Waals surface area contributed by atoms with Crippen molar-refractivity contribution in [2.75, 3.05) is 19.8 Å². The molecule has 0 radical (unpaired) electrons. The van der Waals surface area contributed by atoms with Crippen molar-refractivity contribution in [1.29, 1.82) is 0 Å². The zero-order valence-electron chi connectivity index (χ0n) is 11.3. The van der Waals surface area contributed by atoms with Crippen LogP contribution in [0.3, 0.4) is 0 Å². The van der Waals surface area contributed by atoms with E-state index >= 15 is 0 Å². The summed E-state index contributed by atoms with van der Waals surface area (Å²) in [7, 11) is 0. The number of carbonyl (C=O) groups is 1. The highest BCUT2D eigenvalue weighted by Gasteiger charge is 2.11. The molecule has 0 unspecified atom stereocenters. The van der Waals surface area contributed by atoms with Gasteiger partial charge < -0.3 is 14.5 Å². The van der Waals surface area contributed by atoms with Crippen LogP contribution in [0.25, 0.3) is 10.9 Å². The van der Waals surface area contributed by atoms with Gasteiger partial charge in [-0.05, 0) is 23.9 Å². The number of aromatic amines is 1. The number of ether oxygens (including phenoxy) is 2. The zero-order chi connectivity index (χ0) is 14.4. The largest absolute Gasteiger partial charge is 0.460 e. The van der Waals surface area contributed by atoms with Gasteiger partial charge >= 0.3 is 5.97 Å². The van der Waals surface area contributed by atoms with Crippen molar-refractivity contribution in [1.82, 2.24) is 4.98 Å². The Kier molecular flexibility index (Phi) is 4.90. The van der Waals surface area contributed by atoms with Crippen LogP contribution in [0.4, 0.5) is 0 Å². The van der Waals surface area contributed by atoms with E-state index in [1.54, 1.807) is 18.2 Å². The third-order valence-corrected chi connectivity index (χ3v) is 2.79. The molecule has 0 spiro atoms. The minimum absolute atomic E-state index is 0.201. The monoisotopic (exact) mass is 275 g/mol. The van der Waals surface area contributed by atoms with E-state index in [0.717, 1.165) is 11.8 Å². The second-order valence-corrected chi connectivity index (χ2v) is 4.34. The molecule has 0 atom stereocenters. The van der Waals surface area contributed by atoms with Crippen molar-refractivity contribution in [2.24, 2.45) is 0 Å². The Balaban J connectivity index is 2.10. The van der Waals surface area contributed by atoms with Crippen molar-refractivity contribution in [3.8, 4) is 0 Å². The molecule has 0 aliphatic rings. The average Bonchev–Trinajstić information content (AvgIpc) is 2.46. The molecule has 0 fully saturated rings. The van der Waals surface area contributed by atoms with Gasteiger partial charge in [-0.15, -0.1) is 0 Å². The maximum absolute atomic E-state index is 12.0. The van der Waals surface area contributed by atoms with Crippen molar-refractivity contribution < 1.29 is 14.3 Å². The molecule has 0 aliphatic carbocycles. The van der Waals surface area contributed by atoms with E-state index < -0.39 is 5.97 Å². The second-order valence-electron chi connectivity index (χ2n) is 4.34. The molecule has 1 aromatic heterocycles. The van der Waals surface area contributed by atoms with Crippen LogP contribution < -0.4 is 5.56 Å². The van der Waals surface area contributed by atoms with Gasteiger partial charge in [-0.1, -0.05) is 19.1 Å². The highest BCUT2D eigenvalue weighted by Crippen LogP contribution is 2.15. The van der Waals surface area contributed by atoms with Crippen LogP contribution in [-0.2, 0) is 9.47 Å². The van der Waals surface area contributed by atoms with Crippen molar-refractivity contribution in [3.05, 3.63) is 46.2 Å². The first kappa shape index (κ1) is 14.3. The second kappa shape index (κ2) is 6.86. The molecule has 0 bridgehead atoms. The van der Waals surface area contributed by atoms with Crippen molar-refractivity contribution in [2.45, 2.75) is 13.3 Å². The van der Waals surface area contributed by atoms with Gasteiger partial charge in [-0.2, -0.15) is 0 Å². The van der Waals surface area contributed by atoms with Crippen molar-refractivity contribution in [3.63, 3.8) is 0 Å². The van der Waals surface area contributed by atoms with Crippen molar-refractivity contribution >= 4 is 16.9 Å². The fraction of sp³-hybridized carbons (Fsp3) is 0.333. The fourth-order valence-corrected chi connectivity index (χ4v) is 1.87. The molecular formula is C15H17NO4. The molecule has 0 aliphatic heterocycles. The lowest BCUT2D eigenvalue weighted by atomic mass is 10.1. The van der Waals surface area contributed by atoms with Crippen LogP contribution in [0.15, 0.2) is 35.1 Å². The summed E-state index contributed by atoms with van der Waals surface area (Å²) in [5, 5.41) is 0.793. The summed E-state index contributed by atoms with van der Waals surface area (Å²) >= 11 is 0. The van der Waals surface area contributed by atoms with Gasteiger partial charge in [0.05, 0.1) is 17.7 Å². The number of carbonyl (C=O) groups excluding carboxylic acids is 1. The summed E-state index contributed by atoms with van der Waals surface area (Å²) in [6.45, 7) is 3.24. The predicted molar refractivity (Wildman–Crippen MR) is 76.0 cm³/mol. The molecule has 5 heteroatoms. The molecule has 1 aromatic carbocycles. The summed E-state index contributed by atoms with van der Waals surface area (Å²) in [4.78, 5) is 26.0. The molecule has 1 heterocycles. The molecule has 2 rings (SSSR count). The Morgan fingerprint density at radius 2 is 2.00 bits per heavy atom. The number of para-hydroxylation sites is 1. The molecule has 2 aromatic rings. The van der Waals surface area contributed by atoms with Gasteiger partial charge in [0.1, 0.15) is 6.61 Å². The predicted octanol–water partition coefficient (Wildman–Crippen LogP) is 2.11. The quantitative estimate of drug-likeness (QED) is 0.647.